The predicted molar refractivity (Wildman–Crippen MR) is 111 cm³/mol. The number of rotatable bonds is 6. The van der Waals surface area contributed by atoms with E-state index in [1.807, 2.05) is 48.7 Å². The van der Waals surface area contributed by atoms with Gasteiger partial charge in [-0.2, -0.15) is 0 Å². The summed E-state index contributed by atoms with van der Waals surface area (Å²) < 4.78 is 11.0. The summed E-state index contributed by atoms with van der Waals surface area (Å²) in [7, 11) is 0. The highest BCUT2D eigenvalue weighted by atomic mass is 32.2. The zero-order valence-corrected chi connectivity index (χ0v) is 17.0. The molecule has 3 aromatic rings. The van der Waals surface area contributed by atoms with Crippen LogP contribution in [0.4, 0.5) is 11.4 Å². The molecule has 0 aliphatic carbocycles. The molecule has 1 aliphatic rings. The summed E-state index contributed by atoms with van der Waals surface area (Å²) in [6, 6.07) is 11.7. The Morgan fingerprint density at radius 2 is 2.00 bits per heavy atom. The summed E-state index contributed by atoms with van der Waals surface area (Å²) in [6.07, 6.45) is 0. The van der Waals surface area contributed by atoms with E-state index in [4.69, 9.17) is 9.15 Å². The normalized spacial score (nSPS) is 15.4. The molecule has 1 amide bonds. The molecule has 0 bridgehead atoms. The first-order valence-electron chi connectivity index (χ1n) is 8.97. The molecule has 2 aromatic heterocycles. The van der Waals surface area contributed by atoms with Crippen LogP contribution in [-0.4, -0.2) is 47.7 Å². The second kappa shape index (κ2) is 8.76. The first-order valence-corrected chi connectivity index (χ1v) is 10.7. The SMILES string of the molecule is CC(Sc1nnc(-c2cccs2)o1)C(=O)Nc1ccc(N2CCOCC2)cc1. The molecular weight excluding hydrogens is 396 g/mol. The summed E-state index contributed by atoms with van der Waals surface area (Å²) in [5.41, 5.74) is 1.90. The van der Waals surface area contributed by atoms with Gasteiger partial charge in [-0.25, -0.2) is 0 Å². The first-order chi connectivity index (χ1) is 13.7. The largest absolute Gasteiger partial charge is 0.410 e. The Hall–Kier alpha value is -2.36. The zero-order chi connectivity index (χ0) is 19.3. The van der Waals surface area contributed by atoms with Gasteiger partial charge in [0.1, 0.15) is 0 Å². The number of nitrogens with zero attached hydrogens (tertiary/aromatic N) is 3. The minimum atomic E-state index is -0.365. The lowest BCUT2D eigenvalue weighted by Gasteiger charge is -2.28. The highest BCUT2D eigenvalue weighted by molar-refractivity contribution is 8.00. The molecule has 3 heterocycles. The van der Waals surface area contributed by atoms with Crippen LogP contribution in [0.25, 0.3) is 10.8 Å². The van der Waals surface area contributed by atoms with Crippen molar-refractivity contribution in [2.75, 3.05) is 36.5 Å². The highest BCUT2D eigenvalue weighted by Crippen LogP contribution is 2.29. The maximum atomic E-state index is 12.5. The van der Waals surface area contributed by atoms with Gasteiger partial charge < -0.3 is 19.4 Å². The lowest BCUT2D eigenvalue weighted by molar-refractivity contribution is -0.115. The van der Waals surface area contributed by atoms with Gasteiger partial charge in [0, 0.05) is 24.5 Å². The number of benzene rings is 1. The third kappa shape index (κ3) is 4.54. The average molecular weight is 417 g/mol. The molecule has 1 N–H and O–H groups in total. The maximum absolute atomic E-state index is 12.5. The third-order valence-corrected chi connectivity index (χ3v) is 6.09. The minimum absolute atomic E-state index is 0.111. The van der Waals surface area contributed by atoms with Crippen LogP contribution >= 0.6 is 23.1 Å². The molecule has 146 valence electrons. The Kier molecular flexibility index (Phi) is 5.94. The van der Waals surface area contributed by atoms with Crippen LogP contribution in [0.2, 0.25) is 0 Å². The molecule has 1 unspecified atom stereocenters. The number of ether oxygens (including phenoxy) is 1. The Labute approximate surface area is 171 Å². The van der Waals surface area contributed by atoms with E-state index < -0.39 is 0 Å². The number of carbonyl (C=O) groups is 1. The zero-order valence-electron chi connectivity index (χ0n) is 15.3. The Balaban J connectivity index is 1.33. The van der Waals surface area contributed by atoms with Gasteiger partial charge in [0.25, 0.3) is 11.1 Å². The van der Waals surface area contributed by atoms with E-state index in [1.165, 1.54) is 23.1 Å². The molecule has 7 nitrogen and oxygen atoms in total. The summed E-state index contributed by atoms with van der Waals surface area (Å²) in [5.74, 6) is 0.365. The van der Waals surface area contributed by atoms with Crippen molar-refractivity contribution in [1.82, 2.24) is 10.2 Å². The second-order valence-electron chi connectivity index (χ2n) is 6.25. The van der Waals surface area contributed by atoms with E-state index >= 15 is 0 Å². The van der Waals surface area contributed by atoms with Crippen LogP contribution < -0.4 is 10.2 Å². The van der Waals surface area contributed by atoms with Crippen LogP contribution in [0.3, 0.4) is 0 Å². The van der Waals surface area contributed by atoms with Crippen molar-refractivity contribution in [2.24, 2.45) is 0 Å². The quantitative estimate of drug-likeness (QED) is 0.613. The highest BCUT2D eigenvalue weighted by Gasteiger charge is 2.19. The molecule has 0 radical (unpaired) electrons. The topological polar surface area (TPSA) is 80.5 Å². The molecule has 1 atom stereocenters. The minimum Gasteiger partial charge on any atom is -0.410 e. The number of anilines is 2. The van der Waals surface area contributed by atoms with Crippen molar-refractivity contribution >= 4 is 40.4 Å². The van der Waals surface area contributed by atoms with Crippen LogP contribution in [0.5, 0.6) is 0 Å². The number of nitrogens with one attached hydrogen (secondary N) is 1. The molecule has 0 saturated carbocycles. The van der Waals surface area contributed by atoms with Gasteiger partial charge in [-0.1, -0.05) is 17.8 Å². The van der Waals surface area contributed by atoms with Crippen LogP contribution in [0.1, 0.15) is 6.92 Å². The van der Waals surface area contributed by atoms with Crippen molar-refractivity contribution in [3.63, 3.8) is 0 Å². The molecule has 1 saturated heterocycles. The number of morpholine rings is 1. The van der Waals surface area contributed by atoms with Crippen molar-refractivity contribution in [1.29, 1.82) is 0 Å². The van der Waals surface area contributed by atoms with E-state index in [2.05, 4.69) is 20.4 Å². The van der Waals surface area contributed by atoms with E-state index in [1.54, 1.807) is 0 Å². The van der Waals surface area contributed by atoms with Crippen LogP contribution in [0, 0.1) is 0 Å². The summed E-state index contributed by atoms with van der Waals surface area (Å²) in [4.78, 5) is 15.7. The van der Waals surface area contributed by atoms with Crippen molar-refractivity contribution < 1.29 is 13.9 Å². The van der Waals surface area contributed by atoms with Gasteiger partial charge in [0.15, 0.2) is 0 Å². The molecule has 1 fully saturated rings. The molecule has 9 heteroatoms. The first kappa shape index (κ1) is 19.0. The van der Waals surface area contributed by atoms with Crippen LogP contribution in [0.15, 0.2) is 51.4 Å². The number of thiophene rings is 1. The van der Waals surface area contributed by atoms with Crippen LogP contribution in [-0.2, 0) is 9.53 Å². The van der Waals surface area contributed by atoms with E-state index in [9.17, 15) is 4.79 Å². The lowest BCUT2D eigenvalue weighted by Crippen LogP contribution is -2.36. The number of hydrogen-bond donors (Lipinski definition) is 1. The second-order valence-corrected chi connectivity index (χ2v) is 8.49. The summed E-state index contributed by atoms with van der Waals surface area (Å²) >= 11 is 2.78. The van der Waals surface area contributed by atoms with E-state index in [-0.39, 0.29) is 11.2 Å². The maximum Gasteiger partial charge on any atom is 0.277 e. The van der Waals surface area contributed by atoms with Gasteiger partial charge in [0.05, 0.1) is 23.3 Å². The van der Waals surface area contributed by atoms with Gasteiger partial charge in [0.2, 0.25) is 5.91 Å². The average Bonchev–Trinajstić information content (AvgIpc) is 3.41. The van der Waals surface area contributed by atoms with E-state index in [0.717, 1.165) is 42.6 Å². The molecular formula is C19H20N4O3S2. The van der Waals surface area contributed by atoms with Gasteiger partial charge in [-0.15, -0.1) is 21.5 Å². The smallest absolute Gasteiger partial charge is 0.277 e. The molecule has 4 rings (SSSR count). The fraction of sp³-hybridized carbons (Fsp3) is 0.316. The van der Waals surface area contributed by atoms with Gasteiger partial charge in [-0.05, 0) is 42.6 Å². The third-order valence-electron chi connectivity index (χ3n) is 4.30. The summed E-state index contributed by atoms with van der Waals surface area (Å²) in [6.45, 7) is 5.08. The standard InChI is InChI=1S/C19H20N4O3S2/c1-13(28-19-22-21-18(26-19)16-3-2-12-27-16)17(24)20-14-4-6-15(7-5-14)23-8-10-25-11-9-23/h2-7,12-13H,8-11H2,1H3,(H,20,24). The molecule has 1 aromatic carbocycles. The molecule has 1 aliphatic heterocycles. The predicted octanol–water partition coefficient (Wildman–Crippen LogP) is 3.75. The Morgan fingerprint density at radius 1 is 1.21 bits per heavy atom. The van der Waals surface area contributed by atoms with E-state index in [0.29, 0.717) is 11.1 Å². The van der Waals surface area contributed by atoms with Crippen molar-refractivity contribution in [3.8, 4) is 10.8 Å². The Morgan fingerprint density at radius 3 is 2.71 bits per heavy atom. The number of thioether (sulfide) groups is 1. The fourth-order valence-electron chi connectivity index (χ4n) is 2.78. The monoisotopic (exact) mass is 416 g/mol. The molecule has 28 heavy (non-hydrogen) atoms. The number of hydrogen-bond acceptors (Lipinski definition) is 8. The fourth-order valence-corrected chi connectivity index (χ4v) is 4.11. The number of amides is 1. The Bertz CT molecular complexity index is 906. The van der Waals surface area contributed by atoms with Crippen molar-refractivity contribution in [3.05, 3.63) is 41.8 Å². The lowest BCUT2D eigenvalue weighted by atomic mass is 10.2. The van der Waals surface area contributed by atoms with Gasteiger partial charge >= 0.3 is 0 Å². The molecule has 0 spiro atoms. The number of carbonyl (C=O) groups excluding carboxylic acids is 1. The number of aromatic nitrogens is 2. The van der Waals surface area contributed by atoms with Gasteiger partial charge in [-0.3, -0.25) is 4.79 Å². The van der Waals surface area contributed by atoms with Crippen molar-refractivity contribution in [2.45, 2.75) is 17.4 Å². The summed E-state index contributed by atoms with van der Waals surface area (Å²) in [5, 5.41) is 13.0.